The van der Waals surface area contributed by atoms with E-state index in [2.05, 4.69) is 15.5 Å². The molecule has 2 aromatic rings. The number of carbonyl (C=O) groups is 2. The maximum atomic E-state index is 12.3. The Morgan fingerprint density at radius 1 is 1.35 bits per heavy atom. The van der Waals surface area contributed by atoms with Crippen molar-refractivity contribution in [2.75, 3.05) is 16.8 Å². The van der Waals surface area contributed by atoms with E-state index in [1.54, 1.807) is 4.90 Å². The lowest BCUT2D eigenvalue weighted by molar-refractivity contribution is -0.122. The summed E-state index contributed by atoms with van der Waals surface area (Å²) in [6.45, 7) is 4.38. The molecule has 1 aliphatic rings. The number of rotatable bonds is 4. The summed E-state index contributed by atoms with van der Waals surface area (Å²) in [7, 11) is 0. The third kappa shape index (κ3) is 3.39. The van der Waals surface area contributed by atoms with Gasteiger partial charge in [0.1, 0.15) is 5.01 Å². The molecule has 120 valence electrons. The van der Waals surface area contributed by atoms with Gasteiger partial charge in [-0.2, -0.15) is 0 Å². The summed E-state index contributed by atoms with van der Waals surface area (Å²) in [6, 6.07) is 7.74. The Labute approximate surface area is 138 Å². The van der Waals surface area contributed by atoms with Gasteiger partial charge in [0.05, 0.1) is 5.92 Å². The normalized spacial score (nSPS) is 17.6. The molecule has 7 heteroatoms. The number of nitrogens with zero attached hydrogens (tertiary/aromatic N) is 3. The van der Waals surface area contributed by atoms with Gasteiger partial charge in [0.25, 0.3) is 0 Å². The molecule has 0 aliphatic carbocycles. The monoisotopic (exact) mass is 330 g/mol. The van der Waals surface area contributed by atoms with Gasteiger partial charge < -0.3 is 10.2 Å². The first-order chi connectivity index (χ1) is 11.1. The molecular weight excluding hydrogens is 312 g/mol. The van der Waals surface area contributed by atoms with Crippen LogP contribution in [0.4, 0.5) is 10.8 Å². The number of amides is 2. The highest BCUT2D eigenvalue weighted by Gasteiger charge is 2.35. The molecule has 1 aromatic carbocycles. The van der Waals surface area contributed by atoms with E-state index < -0.39 is 0 Å². The fourth-order valence-corrected chi connectivity index (χ4v) is 3.19. The van der Waals surface area contributed by atoms with Crippen LogP contribution in [0.3, 0.4) is 0 Å². The SMILES string of the molecule is CCc1nnc(NC(=O)[C@H]2CC(=O)N(c3ccc(C)cc3)C2)s1. The first kappa shape index (κ1) is 15.6. The molecule has 1 fully saturated rings. The highest BCUT2D eigenvalue weighted by Crippen LogP contribution is 2.26. The zero-order valence-corrected chi connectivity index (χ0v) is 13.9. The van der Waals surface area contributed by atoms with Crippen LogP contribution in [0.15, 0.2) is 24.3 Å². The van der Waals surface area contributed by atoms with Crippen LogP contribution >= 0.6 is 11.3 Å². The number of aromatic nitrogens is 2. The Morgan fingerprint density at radius 2 is 2.09 bits per heavy atom. The van der Waals surface area contributed by atoms with Crippen molar-refractivity contribution in [2.45, 2.75) is 26.7 Å². The quantitative estimate of drug-likeness (QED) is 0.934. The summed E-state index contributed by atoms with van der Waals surface area (Å²) in [4.78, 5) is 26.2. The maximum Gasteiger partial charge on any atom is 0.231 e. The summed E-state index contributed by atoms with van der Waals surface area (Å²) >= 11 is 1.37. The number of hydrogen-bond acceptors (Lipinski definition) is 5. The molecule has 2 heterocycles. The van der Waals surface area contributed by atoms with Crippen molar-refractivity contribution in [1.82, 2.24) is 10.2 Å². The second-order valence-electron chi connectivity index (χ2n) is 5.58. The lowest BCUT2D eigenvalue weighted by atomic mass is 10.1. The van der Waals surface area contributed by atoms with Crippen LogP contribution < -0.4 is 10.2 Å². The smallest absolute Gasteiger partial charge is 0.231 e. The summed E-state index contributed by atoms with van der Waals surface area (Å²) in [6.07, 6.45) is 1.01. The fraction of sp³-hybridized carbons (Fsp3) is 0.375. The molecule has 0 unspecified atom stereocenters. The van der Waals surface area contributed by atoms with Gasteiger partial charge in [0, 0.05) is 18.7 Å². The number of nitrogens with one attached hydrogen (secondary N) is 1. The number of carbonyl (C=O) groups excluding carboxylic acids is 2. The molecule has 0 spiro atoms. The van der Waals surface area contributed by atoms with Crippen LogP contribution in [0.1, 0.15) is 23.9 Å². The van der Waals surface area contributed by atoms with E-state index in [4.69, 9.17) is 0 Å². The molecule has 3 rings (SSSR count). The van der Waals surface area contributed by atoms with E-state index in [1.807, 2.05) is 38.1 Å². The van der Waals surface area contributed by atoms with Gasteiger partial charge in [-0.15, -0.1) is 10.2 Å². The lowest BCUT2D eigenvalue weighted by Crippen LogP contribution is -2.28. The molecule has 1 aromatic heterocycles. The van der Waals surface area contributed by atoms with Gasteiger partial charge >= 0.3 is 0 Å². The van der Waals surface area contributed by atoms with Crippen LogP contribution in [0.2, 0.25) is 0 Å². The van der Waals surface area contributed by atoms with E-state index in [1.165, 1.54) is 11.3 Å². The number of anilines is 2. The molecule has 0 saturated carbocycles. The van der Waals surface area contributed by atoms with Crippen molar-refractivity contribution >= 4 is 34.0 Å². The predicted molar refractivity (Wildman–Crippen MR) is 89.6 cm³/mol. The number of aryl methyl sites for hydroxylation is 2. The van der Waals surface area contributed by atoms with E-state index >= 15 is 0 Å². The second kappa shape index (κ2) is 6.45. The Bertz CT molecular complexity index is 726. The van der Waals surface area contributed by atoms with Crippen molar-refractivity contribution in [1.29, 1.82) is 0 Å². The standard InChI is InChI=1S/C16H18N4O2S/c1-3-13-18-19-16(23-13)17-15(22)11-8-14(21)20(9-11)12-6-4-10(2)5-7-12/h4-7,11H,3,8-9H2,1-2H3,(H,17,19,22)/t11-/m0/s1. The average molecular weight is 330 g/mol. The minimum absolute atomic E-state index is 0.0273. The largest absolute Gasteiger partial charge is 0.312 e. The minimum atomic E-state index is -0.363. The van der Waals surface area contributed by atoms with Crippen LogP contribution in [0, 0.1) is 12.8 Å². The first-order valence-electron chi connectivity index (χ1n) is 7.57. The number of hydrogen-bond donors (Lipinski definition) is 1. The summed E-state index contributed by atoms with van der Waals surface area (Å²) < 4.78 is 0. The zero-order chi connectivity index (χ0) is 16.4. The Hall–Kier alpha value is -2.28. The van der Waals surface area contributed by atoms with Crippen molar-refractivity contribution in [3.8, 4) is 0 Å². The molecule has 1 saturated heterocycles. The number of benzene rings is 1. The van der Waals surface area contributed by atoms with Crippen molar-refractivity contribution in [3.05, 3.63) is 34.8 Å². The van der Waals surface area contributed by atoms with Crippen LogP contribution in [0.25, 0.3) is 0 Å². The molecule has 1 atom stereocenters. The predicted octanol–water partition coefficient (Wildman–Crippen LogP) is 2.40. The second-order valence-corrected chi connectivity index (χ2v) is 6.65. The van der Waals surface area contributed by atoms with Gasteiger partial charge in [-0.3, -0.25) is 9.59 Å². The first-order valence-corrected chi connectivity index (χ1v) is 8.38. The van der Waals surface area contributed by atoms with Crippen molar-refractivity contribution < 1.29 is 9.59 Å². The Balaban J connectivity index is 1.66. The van der Waals surface area contributed by atoms with Crippen molar-refractivity contribution in [2.24, 2.45) is 5.92 Å². The topological polar surface area (TPSA) is 75.2 Å². The van der Waals surface area contributed by atoms with Crippen LogP contribution in [-0.4, -0.2) is 28.6 Å². The zero-order valence-electron chi connectivity index (χ0n) is 13.1. The summed E-state index contributed by atoms with van der Waals surface area (Å²) in [5.41, 5.74) is 1.97. The molecule has 23 heavy (non-hydrogen) atoms. The third-order valence-electron chi connectivity index (χ3n) is 3.84. The molecule has 0 radical (unpaired) electrons. The van der Waals surface area contributed by atoms with Crippen LogP contribution in [0.5, 0.6) is 0 Å². The molecule has 0 bridgehead atoms. The molecule has 1 aliphatic heterocycles. The van der Waals surface area contributed by atoms with Gasteiger partial charge in [-0.1, -0.05) is 36.0 Å². The third-order valence-corrected chi connectivity index (χ3v) is 4.82. The van der Waals surface area contributed by atoms with E-state index in [9.17, 15) is 9.59 Å². The van der Waals surface area contributed by atoms with Gasteiger partial charge in [0.2, 0.25) is 16.9 Å². The summed E-state index contributed by atoms with van der Waals surface area (Å²) in [5, 5.41) is 12.1. The fourth-order valence-electron chi connectivity index (χ4n) is 2.51. The van der Waals surface area contributed by atoms with Crippen molar-refractivity contribution in [3.63, 3.8) is 0 Å². The van der Waals surface area contributed by atoms with E-state index in [-0.39, 0.29) is 24.2 Å². The molecule has 1 N–H and O–H groups in total. The highest BCUT2D eigenvalue weighted by molar-refractivity contribution is 7.15. The van der Waals surface area contributed by atoms with Gasteiger partial charge in [0.15, 0.2) is 0 Å². The highest BCUT2D eigenvalue weighted by atomic mass is 32.1. The summed E-state index contributed by atoms with van der Waals surface area (Å²) in [5.74, 6) is -0.565. The van der Waals surface area contributed by atoms with Crippen LogP contribution in [-0.2, 0) is 16.0 Å². The minimum Gasteiger partial charge on any atom is -0.312 e. The maximum absolute atomic E-state index is 12.3. The Kier molecular flexibility index (Phi) is 4.38. The van der Waals surface area contributed by atoms with E-state index in [0.717, 1.165) is 22.7 Å². The molecule has 6 nitrogen and oxygen atoms in total. The molecular formula is C16H18N4O2S. The van der Waals surface area contributed by atoms with Gasteiger partial charge in [-0.25, -0.2) is 0 Å². The van der Waals surface area contributed by atoms with Gasteiger partial charge in [-0.05, 0) is 25.5 Å². The Morgan fingerprint density at radius 3 is 2.74 bits per heavy atom. The average Bonchev–Trinajstić information content (AvgIpc) is 3.15. The lowest BCUT2D eigenvalue weighted by Gasteiger charge is -2.16. The van der Waals surface area contributed by atoms with E-state index in [0.29, 0.717) is 11.7 Å². The molecule has 2 amide bonds.